The van der Waals surface area contributed by atoms with Crippen molar-refractivity contribution in [2.75, 3.05) is 13.2 Å². The molecule has 3 aromatic rings. The van der Waals surface area contributed by atoms with Crippen molar-refractivity contribution in [1.82, 2.24) is 30.4 Å². The number of nitrogens with zero attached hydrogens (tertiary/aromatic N) is 5. The molecule has 1 N–H and O–H groups in total. The number of halogens is 3. The number of benzene rings is 2. The van der Waals surface area contributed by atoms with E-state index >= 15 is 0 Å². The van der Waals surface area contributed by atoms with Crippen LogP contribution in [0.1, 0.15) is 58.4 Å². The summed E-state index contributed by atoms with van der Waals surface area (Å²) in [5.41, 5.74) is 3.76. The Balaban J connectivity index is 1.58. The highest BCUT2D eigenvalue weighted by atomic mass is 19.4. The molecule has 1 aliphatic rings. The second kappa shape index (κ2) is 11.8. The molecule has 0 amide bonds. The van der Waals surface area contributed by atoms with Crippen LogP contribution in [0.2, 0.25) is 0 Å². The first-order valence-electron chi connectivity index (χ1n) is 13.0. The molecule has 0 bridgehead atoms. The Morgan fingerprint density at radius 3 is 2.32 bits per heavy atom. The molecule has 0 unspecified atom stereocenters. The predicted molar refractivity (Wildman–Crippen MR) is 139 cm³/mol. The zero-order chi connectivity index (χ0) is 26.4. The first-order chi connectivity index (χ1) is 17.8. The summed E-state index contributed by atoms with van der Waals surface area (Å²) in [7, 11) is 0. The average molecular weight is 513 g/mol. The fourth-order valence-electron chi connectivity index (χ4n) is 4.84. The van der Waals surface area contributed by atoms with Gasteiger partial charge in [0.2, 0.25) is 5.82 Å². The van der Waals surface area contributed by atoms with Gasteiger partial charge in [0.25, 0.3) is 0 Å². The summed E-state index contributed by atoms with van der Waals surface area (Å²) in [6.45, 7) is 7.30. The molecule has 1 aromatic heterocycles. The van der Waals surface area contributed by atoms with Crippen molar-refractivity contribution in [3.8, 4) is 22.5 Å². The lowest BCUT2D eigenvalue weighted by Crippen LogP contribution is -2.32. The number of hydrogen-bond acceptors (Lipinski definition) is 5. The van der Waals surface area contributed by atoms with Crippen molar-refractivity contribution in [3.63, 3.8) is 0 Å². The van der Waals surface area contributed by atoms with Gasteiger partial charge >= 0.3 is 6.18 Å². The molecule has 1 aliphatic heterocycles. The molecule has 0 radical (unpaired) electrons. The third-order valence-corrected chi connectivity index (χ3v) is 6.72. The summed E-state index contributed by atoms with van der Waals surface area (Å²) in [4.78, 5) is 3.46. The SMILES string of the molecule is CCCCCN1CN(Cc2ccc(-c3ccccc3-c3nn[nH]n3)cc2)C(CCC(C)C)=C1C(F)(F)F. The molecule has 37 heavy (non-hydrogen) atoms. The van der Waals surface area contributed by atoms with Crippen molar-refractivity contribution in [1.29, 1.82) is 0 Å². The number of allylic oxidation sites excluding steroid dienone is 2. The third-order valence-electron chi connectivity index (χ3n) is 6.72. The molecular formula is C28H35F3N6. The standard InChI is InChI=1S/C28H35F3N6/c1-4-5-8-17-36-19-37(25(16-11-20(2)3)26(36)28(29,30)31)18-21-12-14-22(15-13-21)23-9-6-7-10-24(23)27-32-34-35-33-27/h6-7,9-10,12-15,20H,4-5,8,11,16-19H2,1-3H3,(H,32,33,34,35). The first-order valence-corrected chi connectivity index (χ1v) is 13.0. The highest BCUT2D eigenvalue weighted by Crippen LogP contribution is 2.40. The van der Waals surface area contributed by atoms with Gasteiger partial charge in [-0.15, -0.1) is 10.2 Å². The van der Waals surface area contributed by atoms with Crippen LogP contribution >= 0.6 is 0 Å². The predicted octanol–water partition coefficient (Wildman–Crippen LogP) is 7.01. The Morgan fingerprint density at radius 2 is 1.70 bits per heavy atom. The van der Waals surface area contributed by atoms with Gasteiger partial charge in [-0.2, -0.15) is 18.4 Å². The van der Waals surface area contributed by atoms with Crippen LogP contribution in [0.25, 0.3) is 22.5 Å². The molecule has 6 nitrogen and oxygen atoms in total. The minimum atomic E-state index is -4.37. The Labute approximate surface area is 216 Å². The van der Waals surface area contributed by atoms with E-state index in [1.807, 2.05) is 53.4 Å². The molecule has 4 rings (SSSR count). The summed E-state index contributed by atoms with van der Waals surface area (Å²) in [6, 6.07) is 15.8. The summed E-state index contributed by atoms with van der Waals surface area (Å²) in [5.74, 6) is 0.844. The van der Waals surface area contributed by atoms with Gasteiger partial charge in [-0.1, -0.05) is 82.1 Å². The quantitative estimate of drug-likeness (QED) is 0.280. The maximum atomic E-state index is 14.3. The number of alkyl halides is 3. The summed E-state index contributed by atoms with van der Waals surface area (Å²) in [5, 5.41) is 14.4. The van der Waals surface area contributed by atoms with Crippen molar-refractivity contribution in [2.45, 2.75) is 65.6 Å². The second-order valence-corrected chi connectivity index (χ2v) is 10.0. The highest BCUT2D eigenvalue weighted by Gasteiger charge is 2.45. The zero-order valence-electron chi connectivity index (χ0n) is 21.7. The molecule has 0 saturated carbocycles. The van der Waals surface area contributed by atoms with Gasteiger partial charge in [0.05, 0.1) is 6.67 Å². The van der Waals surface area contributed by atoms with Gasteiger partial charge in [-0.25, -0.2) is 0 Å². The molecule has 0 saturated heterocycles. The van der Waals surface area contributed by atoms with Crippen LogP contribution in [0.5, 0.6) is 0 Å². The van der Waals surface area contributed by atoms with E-state index in [1.165, 1.54) is 0 Å². The van der Waals surface area contributed by atoms with E-state index in [2.05, 4.69) is 41.4 Å². The molecule has 0 aliphatic carbocycles. The molecule has 2 heterocycles. The van der Waals surface area contributed by atoms with E-state index < -0.39 is 11.9 Å². The highest BCUT2D eigenvalue weighted by molar-refractivity contribution is 5.80. The van der Waals surface area contributed by atoms with Crippen molar-refractivity contribution in [2.24, 2.45) is 5.92 Å². The Kier molecular flexibility index (Phi) is 8.51. The fourth-order valence-corrected chi connectivity index (χ4v) is 4.84. The summed E-state index contributed by atoms with van der Waals surface area (Å²) < 4.78 is 42.8. The normalized spacial score (nSPS) is 14.4. The van der Waals surface area contributed by atoms with Gasteiger partial charge in [-0.3, -0.25) is 0 Å². The van der Waals surface area contributed by atoms with Crippen LogP contribution in [0.4, 0.5) is 13.2 Å². The maximum absolute atomic E-state index is 14.3. The van der Waals surface area contributed by atoms with Crippen LogP contribution in [0.3, 0.4) is 0 Å². The number of hydrogen-bond donors (Lipinski definition) is 1. The number of aromatic amines is 1. The van der Waals surface area contributed by atoms with E-state index in [0.717, 1.165) is 47.9 Å². The van der Waals surface area contributed by atoms with E-state index in [4.69, 9.17) is 0 Å². The third kappa shape index (κ3) is 6.50. The van der Waals surface area contributed by atoms with E-state index in [-0.39, 0.29) is 6.67 Å². The van der Waals surface area contributed by atoms with Gasteiger partial charge < -0.3 is 9.80 Å². The minimum absolute atomic E-state index is 0.272. The number of H-pyrrole nitrogens is 1. The largest absolute Gasteiger partial charge is 0.432 e. The lowest BCUT2D eigenvalue weighted by molar-refractivity contribution is -0.110. The number of nitrogens with one attached hydrogen (secondary N) is 1. The molecular weight excluding hydrogens is 477 g/mol. The van der Waals surface area contributed by atoms with Crippen LogP contribution in [-0.4, -0.2) is 49.8 Å². The molecule has 198 valence electrons. The van der Waals surface area contributed by atoms with Crippen LogP contribution in [0.15, 0.2) is 59.9 Å². The Morgan fingerprint density at radius 1 is 0.973 bits per heavy atom. The monoisotopic (exact) mass is 512 g/mol. The molecule has 0 spiro atoms. The minimum Gasteiger partial charge on any atom is -0.351 e. The average Bonchev–Trinajstić information content (AvgIpc) is 3.52. The van der Waals surface area contributed by atoms with Crippen LogP contribution < -0.4 is 0 Å². The molecule has 0 fully saturated rings. The lowest BCUT2D eigenvalue weighted by atomic mass is 9.98. The number of rotatable bonds is 11. The maximum Gasteiger partial charge on any atom is 0.432 e. The molecule has 9 heteroatoms. The number of aromatic nitrogens is 4. The van der Waals surface area contributed by atoms with Crippen molar-refractivity contribution >= 4 is 0 Å². The summed E-state index contributed by atoms with van der Waals surface area (Å²) in [6.07, 6.45) is -0.556. The fraction of sp³-hybridized carbons (Fsp3) is 0.464. The lowest BCUT2D eigenvalue weighted by Gasteiger charge is -2.25. The number of tetrazole rings is 1. The molecule has 0 atom stereocenters. The van der Waals surface area contributed by atoms with Crippen LogP contribution in [0, 0.1) is 5.92 Å². The smallest absolute Gasteiger partial charge is 0.351 e. The topological polar surface area (TPSA) is 60.9 Å². The van der Waals surface area contributed by atoms with E-state index in [1.54, 1.807) is 4.90 Å². The van der Waals surface area contributed by atoms with E-state index in [0.29, 0.717) is 36.9 Å². The molecule has 2 aromatic carbocycles. The Bertz CT molecular complexity index is 1170. The van der Waals surface area contributed by atoms with Crippen molar-refractivity contribution in [3.05, 3.63) is 65.5 Å². The zero-order valence-corrected chi connectivity index (χ0v) is 21.7. The second-order valence-electron chi connectivity index (χ2n) is 10.0. The first kappa shape index (κ1) is 26.7. The van der Waals surface area contributed by atoms with Crippen LogP contribution in [-0.2, 0) is 6.54 Å². The van der Waals surface area contributed by atoms with Gasteiger partial charge in [0.1, 0.15) is 5.70 Å². The van der Waals surface area contributed by atoms with Gasteiger partial charge in [0, 0.05) is 24.4 Å². The van der Waals surface area contributed by atoms with Gasteiger partial charge in [0.15, 0.2) is 0 Å². The number of unbranched alkanes of at least 4 members (excludes halogenated alkanes) is 2. The van der Waals surface area contributed by atoms with E-state index in [9.17, 15) is 13.2 Å². The Hall–Kier alpha value is -3.36. The van der Waals surface area contributed by atoms with Gasteiger partial charge in [-0.05, 0) is 47.1 Å². The summed E-state index contributed by atoms with van der Waals surface area (Å²) >= 11 is 0. The van der Waals surface area contributed by atoms with Crippen molar-refractivity contribution < 1.29 is 13.2 Å².